The molecule has 10 nitrogen and oxygen atoms in total. The summed E-state index contributed by atoms with van der Waals surface area (Å²) in [5, 5.41) is 12.7. The van der Waals surface area contributed by atoms with Gasteiger partial charge in [0.05, 0.1) is 18.3 Å². The van der Waals surface area contributed by atoms with Crippen molar-refractivity contribution in [3.8, 4) is 5.75 Å². The van der Waals surface area contributed by atoms with Crippen molar-refractivity contribution in [2.24, 2.45) is 0 Å². The number of rotatable bonds is 8. The maximum atomic E-state index is 13.9. The lowest BCUT2D eigenvalue weighted by molar-refractivity contribution is -0.124. The van der Waals surface area contributed by atoms with Gasteiger partial charge in [0.25, 0.3) is 10.0 Å². The molecule has 4 aromatic rings. The number of aromatic nitrogens is 3. The van der Waals surface area contributed by atoms with E-state index in [0.29, 0.717) is 35.3 Å². The minimum atomic E-state index is -4.06. The Kier molecular flexibility index (Phi) is 7.97. The number of benzene rings is 2. The molecule has 1 N–H and O–H groups in total. The van der Waals surface area contributed by atoms with Crippen LogP contribution >= 0.6 is 22.9 Å². The summed E-state index contributed by atoms with van der Waals surface area (Å²) in [7, 11) is -1.96. The van der Waals surface area contributed by atoms with Crippen LogP contribution in [0.25, 0.3) is 10.1 Å². The molecule has 0 fully saturated rings. The van der Waals surface area contributed by atoms with Crippen molar-refractivity contribution in [1.82, 2.24) is 29.5 Å². The first-order valence-corrected chi connectivity index (χ1v) is 16.7. The number of hydrogen-bond acceptors (Lipinski definition) is 8. The predicted octanol–water partition coefficient (Wildman–Crippen LogP) is 4.87. The monoisotopic (exact) mass is 640 g/mol. The maximum absolute atomic E-state index is 13.9. The molecule has 6 rings (SSSR count). The third-order valence-electron chi connectivity index (χ3n) is 8.10. The zero-order valence-corrected chi connectivity index (χ0v) is 26.7. The molecule has 0 saturated carbocycles. The number of thiophene rings is 1. The highest BCUT2D eigenvalue weighted by Crippen LogP contribution is 2.39. The van der Waals surface area contributed by atoms with E-state index in [1.165, 1.54) is 18.0 Å². The lowest BCUT2D eigenvalue weighted by Gasteiger charge is -2.30. The van der Waals surface area contributed by atoms with Crippen LogP contribution in [-0.4, -0.2) is 64.3 Å². The molecular formula is C30H33ClN6O4S2. The summed E-state index contributed by atoms with van der Waals surface area (Å²) < 4.78 is 37.8. The second-order valence-electron chi connectivity index (χ2n) is 11.3. The first kappa shape index (κ1) is 29.6. The fourth-order valence-electron chi connectivity index (χ4n) is 5.47. The molecule has 2 aromatic carbocycles. The molecule has 2 aliphatic heterocycles. The molecule has 13 heteroatoms. The van der Waals surface area contributed by atoms with Crippen LogP contribution in [0.2, 0.25) is 5.02 Å². The highest BCUT2D eigenvalue weighted by molar-refractivity contribution is 7.91. The van der Waals surface area contributed by atoms with Gasteiger partial charge in [-0.3, -0.25) is 14.0 Å². The number of hydrogen-bond donors (Lipinski definition) is 1. The Labute approximate surface area is 259 Å². The van der Waals surface area contributed by atoms with Gasteiger partial charge in [-0.25, -0.2) is 13.1 Å². The topological polar surface area (TPSA) is 110 Å². The molecule has 0 spiro atoms. The van der Waals surface area contributed by atoms with Crippen molar-refractivity contribution in [1.29, 1.82) is 0 Å². The third-order valence-corrected chi connectivity index (χ3v) is 12.0. The number of fused-ring (bicyclic) bond motifs is 2. The van der Waals surface area contributed by atoms with E-state index in [-0.39, 0.29) is 16.7 Å². The van der Waals surface area contributed by atoms with E-state index in [2.05, 4.69) is 59.6 Å². The molecule has 2 aromatic heterocycles. The Morgan fingerprint density at radius 2 is 2.05 bits per heavy atom. The van der Waals surface area contributed by atoms with Gasteiger partial charge in [0.15, 0.2) is 0 Å². The Hall–Kier alpha value is -3.45. The molecule has 0 aliphatic carbocycles. The summed E-state index contributed by atoms with van der Waals surface area (Å²) in [6, 6.07) is 10.9. The summed E-state index contributed by atoms with van der Waals surface area (Å²) >= 11 is 7.34. The molecule has 43 heavy (non-hydrogen) atoms. The van der Waals surface area contributed by atoms with Gasteiger partial charge < -0.3 is 10.1 Å². The largest absolute Gasteiger partial charge is 0.493 e. The van der Waals surface area contributed by atoms with Crippen molar-refractivity contribution in [2.75, 3.05) is 13.7 Å². The van der Waals surface area contributed by atoms with Gasteiger partial charge in [0, 0.05) is 59.3 Å². The molecule has 0 radical (unpaired) electrons. The molecule has 4 heterocycles. The quantitative estimate of drug-likeness (QED) is 0.293. The summed E-state index contributed by atoms with van der Waals surface area (Å²) in [5.74, 6) is 0.398. The summed E-state index contributed by atoms with van der Waals surface area (Å²) in [6.45, 7) is 7.44. The number of amides is 1. The fourth-order valence-corrected chi connectivity index (χ4v) is 8.92. The second kappa shape index (κ2) is 11.6. The Morgan fingerprint density at radius 1 is 1.23 bits per heavy atom. The molecule has 2 unspecified atom stereocenters. The molecule has 2 aliphatic rings. The smallest absolute Gasteiger partial charge is 0.274 e. The number of aryl methyl sites for hydroxylation is 1. The normalized spacial score (nSPS) is 18.8. The SMILES string of the molecule is Cc1c(S(=O)(=O)N2C=CNC(=O)C2Cc2cn(C3CCOc4cc(CN(C)C(C)C)ccc43)nn2)sc2ccc(Cl)cc12. The van der Waals surface area contributed by atoms with Crippen LogP contribution in [0, 0.1) is 6.92 Å². The van der Waals surface area contributed by atoms with Crippen molar-refractivity contribution >= 4 is 49.0 Å². The first-order valence-electron chi connectivity index (χ1n) is 14.1. The Bertz CT molecular complexity index is 1830. The van der Waals surface area contributed by atoms with Crippen molar-refractivity contribution in [2.45, 2.75) is 62.5 Å². The van der Waals surface area contributed by atoms with E-state index in [0.717, 1.165) is 43.6 Å². The molecule has 0 saturated heterocycles. The molecule has 2 atom stereocenters. The second-order valence-corrected chi connectivity index (χ2v) is 14.8. The minimum Gasteiger partial charge on any atom is -0.493 e. The first-order chi connectivity index (χ1) is 20.5. The molecule has 1 amide bonds. The van der Waals surface area contributed by atoms with Gasteiger partial charge in [-0.05, 0) is 68.6 Å². The maximum Gasteiger partial charge on any atom is 0.274 e. The number of sulfonamides is 1. The van der Waals surface area contributed by atoms with Crippen LogP contribution in [-0.2, 0) is 27.8 Å². The molecule has 226 valence electrons. The van der Waals surface area contributed by atoms with Gasteiger partial charge in [0.1, 0.15) is 16.0 Å². The van der Waals surface area contributed by atoms with Crippen LogP contribution in [0.15, 0.2) is 59.2 Å². The highest BCUT2D eigenvalue weighted by atomic mass is 35.5. The van der Waals surface area contributed by atoms with E-state index in [9.17, 15) is 13.2 Å². The average molecular weight is 641 g/mol. The number of carbonyl (C=O) groups is 1. The van der Waals surface area contributed by atoms with Gasteiger partial charge in [0.2, 0.25) is 5.91 Å². The fraction of sp³-hybridized carbons (Fsp3) is 0.367. The highest BCUT2D eigenvalue weighted by Gasteiger charge is 2.38. The van der Waals surface area contributed by atoms with Crippen LogP contribution in [0.5, 0.6) is 5.75 Å². The van der Waals surface area contributed by atoms with Gasteiger partial charge in [-0.1, -0.05) is 28.9 Å². The van der Waals surface area contributed by atoms with Crippen LogP contribution < -0.4 is 10.1 Å². The molecular weight excluding hydrogens is 608 g/mol. The lowest BCUT2D eigenvalue weighted by Crippen LogP contribution is -2.50. The van der Waals surface area contributed by atoms with Gasteiger partial charge in [-0.2, -0.15) is 0 Å². The average Bonchev–Trinajstić information content (AvgIpc) is 3.58. The Balaban J connectivity index is 1.25. The van der Waals surface area contributed by atoms with E-state index in [4.69, 9.17) is 16.3 Å². The molecule has 0 bridgehead atoms. The van der Waals surface area contributed by atoms with Gasteiger partial charge >= 0.3 is 0 Å². The van der Waals surface area contributed by atoms with Crippen LogP contribution in [0.3, 0.4) is 0 Å². The number of ether oxygens (including phenoxy) is 1. The van der Waals surface area contributed by atoms with E-state index in [1.54, 1.807) is 29.9 Å². The lowest BCUT2D eigenvalue weighted by atomic mass is 9.98. The Morgan fingerprint density at radius 3 is 2.84 bits per heavy atom. The summed E-state index contributed by atoms with van der Waals surface area (Å²) in [4.78, 5) is 15.3. The van der Waals surface area contributed by atoms with Crippen LogP contribution in [0.4, 0.5) is 0 Å². The van der Waals surface area contributed by atoms with Crippen molar-refractivity contribution in [3.05, 3.63) is 82.4 Å². The minimum absolute atomic E-state index is 0.0573. The predicted molar refractivity (Wildman–Crippen MR) is 167 cm³/mol. The van der Waals surface area contributed by atoms with Gasteiger partial charge in [-0.15, -0.1) is 16.4 Å². The van der Waals surface area contributed by atoms with Crippen LogP contribution in [0.1, 0.15) is 48.7 Å². The summed E-state index contributed by atoms with van der Waals surface area (Å²) in [5.41, 5.74) is 3.30. The van der Waals surface area contributed by atoms with E-state index >= 15 is 0 Å². The third kappa shape index (κ3) is 5.64. The number of nitrogens with one attached hydrogen (secondary N) is 1. The van der Waals surface area contributed by atoms with Crippen molar-refractivity contribution < 1.29 is 17.9 Å². The van der Waals surface area contributed by atoms with E-state index < -0.39 is 22.0 Å². The number of carbonyl (C=O) groups excluding carboxylic acids is 1. The summed E-state index contributed by atoms with van der Waals surface area (Å²) in [6.07, 6.45) is 5.30. The zero-order valence-electron chi connectivity index (χ0n) is 24.3. The van der Waals surface area contributed by atoms with Crippen molar-refractivity contribution in [3.63, 3.8) is 0 Å². The standard InChI is InChI=1S/C30H33ClN6O4S2/c1-18(2)35(4)16-20-5-7-23-25(9-12-41-27(23)13-20)36-17-22(33-34-36)15-26-29(38)32-10-11-37(26)43(39,40)30-19(3)24-14-21(31)6-8-28(24)42-30/h5-8,10-11,13-14,17-18,25-26H,9,12,15-16H2,1-4H3,(H,32,38). The van der Waals surface area contributed by atoms with E-state index in [1.807, 2.05) is 6.07 Å². The number of halogens is 1. The number of nitrogens with zero attached hydrogens (tertiary/aromatic N) is 5. The zero-order chi connectivity index (χ0) is 30.5.